The van der Waals surface area contributed by atoms with Crippen LogP contribution in [0.4, 0.5) is 11.6 Å². The normalized spacial score (nSPS) is 17.2. The molecule has 13 nitrogen and oxygen atoms in total. The second-order valence-electron chi connectivity index (χ2n) is 9.35. The number of hydrogen-bond acceptors (Lipinski definition) is 9. The Balaban J connectivity index is 1.21. The number of nitrogen functional groups attached to an aromatic ring is 2. The average Bonchev–Trinajstić information content (AvgIpc) is 3.31. The molecule has 1 aromatic heterocycles. The molecule has 2 aliphatic rings. The number of anilines is 2. The van der Waals surface area contributed by atoms with E-state index in [9.17, 15) is 9.59 Å². The number of hydrogen-bond donors (Lipinski definition) is 4. The maximum atomic E-state index is 12.9. The molecule has 6 N–H and O–H groups in total. The number of nitrogens with one attached hydrogen (secondary N) is 2. The van der Waals surface area contributed by atoms with Crippen molar-refractivity contribution in [2.45, 2.75) is 31.2 Å². The maximum absolute atomic E-state index is 12.9. The number of aliphatic imine (C=N–C) groups is 1. The Kier molecular flexibility index (Phi) is 9.74. The number of benzene rings is 1. The number of nitrogens with zero attached hydrogens (tertiary/aromatic N) is 4. The van der Waals surface area contributed by atoms with Crippen LogP contribution in [0, 0.1) is 3.70 Å². The van der Waals surface area contributed by atoms with Gasteiger partial charge in [-0.15, -0.1) is 0 Å². The maximum Gasteiger partial charge on any atom is 0.302 e. The number of amides is 2. The van der Waals surface area contributed by atoms with Gasteiger partial charge in [0.2, 0.25) is 5.91 Å². The minimum absolute atomic E-state index is 0.0415. The number of nitrogens with two attached hydrogens (primary N) is 2. The number of aromatic nitrogens is 2. The smallest absolute Gasteiger partial charge is 0.302 e. The fourth-order valence-electron chi connectivity index (χ4n) is 4.37. The van der Waals surface area contributed by atoms with E-state index in [-0.39, 0.29) is 35.6 Å². The van der Waals surface area contributed by atoms with Crippen LogP contribution in [-0.4, -0.2) is 84.9 Å². The Morgan fingerprint density at radius 1 is 1.13 bits per heavy atom. The molecule has 1 spiro atoms. The molecule has 0 aliphatic carbocycles. The predicted molar refractivity (Wildman–Crippen MR) is 153 cm³/mol. The largest absolute Gasteiger partial charge is 0.468 e. The van der Waals surface area contributed by atoms with Gasteiger partial charge >= 0.3 is 5.91 Å². The second kappa shape index (κ2) is 13.2. The predicted octanol–water partition coefficient (Wildman–Crippen LogP) is 0.928. The first-order valence-electron chi connectivity index (χ1n) is 12.6. The zero-order valence-corrected chi connectivity index (χ0v) is 23.9. The molecule has 0 radical (unpaired) electrons. The van der Waals surface area contributed by atoms with Gasteiger partial charge in [-0.3, -0.25) is 9.59 Å². The van der Waals surface area contributed by atoms with E-state index in [0.717, 1.165) is 18.4 Å². The Bertz CT molecular complexity index is 1200. The first-order valence-corrected chi connectivity index (χ1v) is 13.7. The van der Waals surface area contributed by atoms with Crippen LogP contribution in [0.15, 0.2) is 29.3 Å². The molecule has 0 unspecified atom stereocenters. The van der Waals surface area contributed by atoms with Gasteiger partial charge in [-0.05, 0) is 59.5 Å². The van der Waals surface area contributed by atoms with Crippen molar-refractivity contribution in [1.82, 2.24) is 25.5 Å². The summed E-state index contributed by atoms with van der Waals surface area (Å²) in [5.41, 5.74) is 12.2. The van der Waals surface area contributed by atoms with Crippen LogP contribution in [0.5, 0.6) is 5.75 Å². The number of carbonyl (C=O) groups is 2. The minimum Gasteiger partial charge on any atom is -0.468 e. The van der Waals surface area contributed by atoms with Crippen molar-refractivity contribution in [1.29, 1.82) is 0 Å². The number of halogens is 1. The Morgan fingerprint density at radius 3 is 2.59 bits per heavy atom. The topological polar surface area (TPSA) is 179 Å². The molecule has 0 atom stereocenters. The van der Waals surface area contributed by atoms with Crippen molar-refractivity contribution >= 4 is 52.0 Å². The highest BCUT2D eigenvalue weighted by atomic mass is 127. The van der Waals surface area contributed by atoms with Crippen LogP contribution >= 0.6 is 22.6 Å². The summed E-state index contributed by atoms with van der Waals surface area (Å²) in [6.45, 7) is 3.02. The van der Waals surface area contributed by atoms with Gasteiger partial charge in [-0.2, -0.15) is 4.99 Å². The van der Waals surface area contributed by atoms with Gasteiger partial charge in [0.25, 0.3) is 0 Å². The van der Waals surface area contributed by atoms with Gasteiger partial charge in [-0.1, -0.05) is 12.1 Å². The molecule has 2 aromatic rings. The van der Waals surface area contributed by atoms with Gasteiger partial charge in [0.1, 0.15) is 9.45 Å². The van der Waals surface area contributed by atoms with E-state index in [1.165, 1.54) is 0 Å². The monoisotopic (exact) mass is 652 g/mol. The van der Waals surface area contributed by atoms with Gasteiger partial charge in [0.15, 0.2) is 30.1 Å². The van der Waals surface area contributed by atoms with E-state index in [0.29, 0.717) is 61.1 Å². The van der Waals surface area contributed by atoms with E-state index in [1.54, 1.807) is 7.11 Å². The molecule has 14 heteroatoms. The van der Waals surface area contributed by atoms with Crippen LogP contribution in [0.2, 0.25) is 0 Å². The highest BCUT2D eigenvalue weighted by Gasteiger charge is 2.40. The molecular formula is C25H33IN8O5. The molecule has 3 heterocycles. The highest BCUT2D eigenvalue weighted by Crippen LogP contribution is 2.25. The molecule has 2 amide bonds. The van der Waals surface area contributed by atoms with Gasteiger partial charge in [0.05, 0.1) is 18.8 Å². The van der Waals surface area contributed by atoms with Crippen LogP contribution in [0.1, 0.15) is 35.3 Å². The molecule has 210 valence electrons. The van der Waals surface area contributed by atoms with Crippen LogP contribution < -0.4 is 26.8 Å². The summed E-state index contributed by atoms with van der Waals surface area (Å²) in [6, 6.07) is 7.68. The summed E-state index contributed by atoms with van der Waals surface area (Å²) in [6.07, 6.45) is 2.56. The summed E-state index contributed by atoms with van der Waals surface area (Å²) in [7, 11) is 1.62. The Hall–Kier alpha value is -3.24. The van der Waals surface area contributed by atoms with Gasteiger partial charge < -0.3 is 41.2 Å². The van der Waals surface area contributed by atoms with Crippen molar-refractivity contribution in [2.75, 3.05) is 58.2 Å². The average molecular weight is 652 g/mol. The molecule has 2 fully saturated rings. The zero-order chi connectivity index (χ0) is 27.8. The number of carbonyl (C=O) groups excluding carboxylic acids is 2. The fourth-order valence-corrected chi connectivity index (χ4v) is 4.73. The van der Waals surface area contributed by atoms with Gasteiger partial charge in [-0.25, -0.2) is 9.97 Å². The molecule has 39 heavy (non-hydrogen) atoms. The molecule has 4 rings (SSSR count). The Labute approximate surface area is 240 Å². The molecule has 2 aliphatic heterocycles. The number of ether oxygens (including phenoxy) is 3. The van der Waals surface area contributed by atoms with Crippen molar-refractivity contribution in [2.24, 2.45) is 4.99 Å². The van der Waals surface area contributed by atoms with Crippen LogP contribution in [0.3, 0.4) is 0 Å². The lowest BCUT2D eigenvalue weighted by molar-refractivity contribution is -0.132. The zero-order valence-electron chi connectivity index (χ0n) is 21.7. The first kappa shape index (κ1) is 28.8. The lowest BCUT2D eigenvalue weighted by Gasteiger charge is -2.38. The highest BCUT2D eigenvalue weighted by molar-refractivity contribution is 14.1. The fraction of sp³-hybridized carbons (Fsp3) is 0.480. The second-order valence-corrected chi connectivity index (χ2v) is 10.4. The molecule has 2 saturated heterocycles. The molecular weight excluding hydrogens is 619 g/mol. The van der Waals surface area contributed by atoms with E-state index in [2.05, 4.69) is 25.6 Å². The molecule has 1 aromatic carbocycles. The van der Waals surface area contributed by atoms with E-state index in [4.69, 9.17) is 25.7 Å². The third-order valence-electron chi connectivity index (χ3n) is 6.66. The van der Waals surface area contributed by atoms with Gasteiger partial charge in [0, 0.05) is 33.2 Å². The molecule has 0 bridgehead atoms. The standard InChI is InChI=1S/C25H33IN8O5/c1-37-12-13-38-15-39-17-5-2-16(3-6-17)4-7-18(35)34-10-8-25(9-11-34)14-29-24(33-25)32-23(36)19-21(27)31-22(28)20(26)30-19/h2-3,5-6H,4,7-15H2,1H3,(H4,27,28,31)(H2,29,32,33,36). The summed E-state index contributed by atoms with van der Waals surface area (Å²) >= 11 is 1.89. The Morgan fingerprint density at radius 2 is 1.87 bits per heavy atom. The summed E-state index contributed by atoms with van der Waals surface area (Å²) < 4.78 is 16.1. The number of rotatable bonds is 10. The van der Waals surface area contributed by atoms with Crippen molar-refractivity contribution in [3.05, 3.63) is 39.2 Å². The van der Waals surface area contributed by atoms with E-state index < -0.39 is 5.91 Å². The lowest BCUT2D eigenvalue weighted by Crippen LogP contribution is -2.53. The number of methoxy groups -OCH3 is 1. The summed E-state index contributed by atoms with van der Waals surface area (Å²) in [5, 5.41) is 6.49. The SMILES string of the molecule is COCCOCOc1ccc(CCC(=O)N2CCC3(CC2)CN/C(=N\C(=O)c2nc(I)c(N)nc2N)N3)cc1. The number of piperidine rings is 1. The lowest BCUT2D eigenvalue weighted by atomic mass is 9.88. The van der Waals surface area contributed by atoms with Crippen molar-refractivity contribution < 1.29 is 23.8 Å². The minimum atomic E-state index is -0.604. The quantitative estimate of drug-likeness (QED) is 0.163. The third-order valence-corrected chi connectivity index (χ3v) is 7.46. The van der Waals surface area contributed by atoms with E-state index in [1.807, 2.05) is 51.8 Å². The summed E-state index contributed by atoms with van der Waals surface area (Å²) in [4.78, 5) is 39.5. The van der Waals surface area contributed by atoms with Crippen LogP contribution in [-0.2, 0) is 20.7 Å². The number of guanidine groups is 1. The van der Waals surface area contributed by atoms with Crippen LogP contribution in [0.25, 0.3) is 0 Å². The first-order chi connectivity index (χ1) is 18.8. The summed E-state index contributed by atoms with van der Waals surface area (Å²) in [5.74, 6) is 0.700. The van der Waals surface area contributed by atoms with Crippen molar-refractivity contribution in [3.8, 4) is 5.75 Å². The third kappa shape index (κ3) is 7.67. The van der Waals surface area contributed by atoms with E-state index >= 15 is 0 Å². The van der Waals surface area contributed by atoms with Crippen molar-refractivity contribution in [3.63, 3.8) is 0 Å². The number of likely N-dealkylation sites (tertiary alicyclic amines) is 1. The number of aryl methyl sites for hydroxylation is 1. The molecule has 0 saturated carbocycles.